The molecule has 2 aromatic rings. The van der Waals surface area contributed by atoms with Gasteiger partial charge < -0.3 is 9.84 Å². The first-order valence-electron chi connectivity index (χ1n) is 4.46. The lowest BCUT2D eigenvalue weighted by molar-refractivity contribution is 0.392. The highest BCUT2D eigenvalue weighted by atomic mass is 16.5. The van der Waals surface area contributed by atoms with Crippen LogP contribution in [0.4, 0.5) is 0 Å². The summed E-state index contributed by atoms with van der Waals surface area (Å²) in [6.07, 6.45) is 1.62. The number of hydrogen-bond donors (Lipinski definition) is 1. The maximum Gasteiger partial charge on any atom is 0.233 e. The van der Waals surface area contributed by atoms with E-state index >= 15 is 0 Å². The van der Waals surface area contributed by atoms with Crippen molar-refractivity contribution >= 4 is 0 Å². The van der Waals surface area contributed by atoms with E-state index in [1.807, 2.05) is 6.07 Å². The topological polar surface area (TPSA) is 55.2 Å². The molecule has 0 saturated carbocycles. The third-order valence-electron chi connectivity index (χ3n) is 2.02. The van der Waals surface area contributed by atoms with Gasteiger partial charge >= 0.3 is 0 Å². The zero-order valence-electron chi connectivity index (χ0n) is 8.21. The molecule has 0 aliphatic heterocycles. The zero-order valence-corrected chi connectivity index (χ0v) is 8.21. The van der Waals surface area contributed by atoms with Gasteiger partial charge in [0, 0.05) is 11.6 Å². The lowest BCUT2D eigenvalue weighted by atomic mass is 10.1. The van der Waals surface area contributed by atoms with Gasteiger partial charge in [0.05, 0.1) is 13.3 Å². The van der Waals surface area contributed by atoms with E-state index in [9.17, 15) is 5.11 Å². The van der Waals surface area contributed by atoms with Crippen LogP contribution >= 0.6 is 0 Å². The fourth-order valence-electron chi connectivity index (χ4n) is 1.29. The normalized spacial score (nSPS) is 9.93. The summed E-state index contributed by atoms with van der Waals surface area (Å²) in [6, 6.07) is 8.71. The zero-order chi connectivity index (χ0) is 10.7. The number of aromatic hydroxyl groups is 1. The highest BCUT2D eigenvalue weighted by molar-refractivity contribution is 5.64. The average molecular weight is 202 g/mol. The van der Waals surface area contributed by atoms with Crippen LogP contribution in [0.1, 0.15) is 0 Å². The second-order valence-electron chi connectivity index (χ2n) is 3.04. The van der Waals surface area contributed by atoms with E-state index in [4.69, 9.17) is 4.74 Å². The van der Waals surface area contributed by atoms with E-state index in [1.54, 1.807) is 30.5 Å². The number of aromatic nitrogens is 2. The van der Waals surface area contributed by atoms with E-state index in [1.165, 1.54) is 7.11 Å². The van der Waals surface area contributed by atoms with Crippen LogP contribution in [0.15, 0.2) is 36.5 Å². The maximum atomic E-state index is 9.33. The Labute approximate surface area is 87.2 Å². The molecule has 76 valence electrons. The molecule has 0 radical (unpaired) electrons. The first-order chi connectivity index (χ1) is 7.29. The first kappa shape index (κ1) is 9.45. The highest BCUT2D eigenvalue weighted by Gasteiger charge is 2.01. The van der Waals surface area contributed by atoms with Crippen LogP contribution in [-0.4, -0.2) is 22.4 Å². The minimum Gasteiger partial charge on any atom is -0.508 e. The Bertz CT molecular complexity index is 472. The van der Waals surface area contributed by atoms with Gasteiger partial charge in [-0.1, -0.05) is 12.1 Å². The van der Waals surface area contributed by atoms with Gasteiger partial charge in [-0.2, -0.15) is 5.10 Å². The number of ether oxygens (including phenoxy) is 1. The van der Waals surface area contributed by atoms with Crippen LogP contribution in [-0.2, 0) is 0 Å². The molecule has 4 heteroatoms. The first-order valence-corrected chi connectivity index (χ1v) is 4.46. The summed E-state index contributed by atoms with van der Waals surface area (Å²) in [7, 11) is 1.54. The van der Waals surface area contributed by atoms with Gasteiger partial charge in [-0.05, 0) is 17.7 Å². The molecule has 0 amide bonds. The minimum atomic E-state index is 0.225. The molecule has 0 aliphatic rings. The van der Waals surface area contributed by atoms with Crippen molar-refractivity contribution in [3.63, 3.8) is 0 Å². The quantitative estimate of drug-likeness (QED) is 0.807. The molecule has 1 N–H and O–H groups in total. The number of phenolic OH excluding ortho intramolecular Hbond substituents is 1. The molecular formula is C11H10N2O2. The molecule has 1 aromatic heterocycles. The monoisotopic (exact) mass is 202 g/mol. The van der Waals surface area contributed by atoms with Crippen LogP contribution < -0.4 is 4.74 Å². The highest BCUT2D eigenvalue weighted by Crippen LogP contribution is 2.23. The second kappa shape index (κ2) is 3.96. The molecule has 1 aromatic carbocycles. The summed E-state index contributed by atoms with van der Waals surface area (Å²) in [5.41, 5.74) is 1.74. The largest absolute Gasteiger partial charge is 0.508 e. The summed E-state index contributed by atoms with van der Waals surface area (Å²) in [5.74, 6) is 0.680. The van der Waals surface area contributed by atoms with Crippen molar-refractivity contribution in [2.24, 2.45) is 0 Å². The maximum absolute atomic E-state index is 9.33. The molecule has 2 rings (SSSR count). The van der Waals surface area contributed by atoms with Crippen LogP contribution in [0.5, 0.6) is 11.6 Å². The average Bonchev–Trinajstić information content (AvgIpc) is 2.29. The molecule has 0 aliphatic carbocycles. The Morgan fingerprint density at radius 1 is 1.20 bits per heavy atom. The smallest absolute Gasteiger partial charge is 0.233 e. The predicted octanol–water partition coefficient (Wildman–Crippen LogP) is 1.86. The van der Waals surface area contributed by atoms with Gasteiger partial charge in [-0.25, -0.2) is 0 Å². The van der Waals surface area contributed by atoms with Gasteiger partial charge in [-0.15, -0.1) is 5.10 Å². The van der Waals surface area contributed by atoms with Crippen LogP contribution in [0, 0.1) is 0 Å². The lowest BCUT2D eigenvalue weighted by Gasteiger charge is -2.03. The molecule has 0 atom stereocenters. The Morgan fingerprint density at radius 3 is 2.80 bits per heavy atom. The molecular weight excluding hydrogens is 192 g/mol. The summed E-state index contributed by atoms with van der Waals surface area (Å²) < 4.78 is 4.97. The summed E-state index contributed by atoms with van der Waals surface area (Å²) in [4.78, 5) is 0. The van der Waals surface area contributed by atoms with Crippen LogP contribution in [0.25, 0.3) is 11.1 Å². The summed E-state index contributed by atoms with van der Waals surface area (Å²) in [6.45, 7) is 0. The van der Waals surface area contributed by atoms with Crippen molar-refractivity contribution in [2.75, 3.05) is 7.11 Å². The number of rotatable bonds is 2. The van der Waals surface area contributed by atoms with Crippen molar-refractivity contribution in [1.82, 2.24) is 10.2 Å². The van der Waals surface area contributed by atoms with E-state index < -0.39 is 0 Å². The van der Waals surface area contributed by atoms with E-state index in [-0.39, 0.29) is 5.75 Å². The molecule has 0 fully saturated rings. The van der Waals surface area contributed by atoms with Gasteiger partial charge in [0.1, 0.15) is 5.75 Å². The van der Waals surface area contributed by atoms with E-state index in [2.05, 4.69) is 10.2 Å². The molecule has 4 nitrogen and oxygen atoms in total. The van der Waals surface area contributed by atoms with Crippen LogP contribution in [0.3, 0.4) is 0 Å². The van der Waals surface area contributed by atoms with E-state index in [0.717, 1.165) is 11.1 Å². The van der Waals surface area contributed by atoms with Crippen molar-refractivity contribution < 1.29 is 9.84 Å². The molecule has 0 bridgehead atoms. The summed E-state index contributed by atoms with van der Waals surface area (Å²) in [5, 5.41) is 16.9. The third-order valence-corrected chi connectivity index (χ3v) is 2.02. The number of nitrogens with zero attached hydrogens (tertiary/aromatic N) is 2. The molecule has 0 spiro atoms. The Balaban J connectivity index is 2.44. The molecule has 0 saturated heterocycles. The number of benzene rings is 1. The van der Waals surface area contributed by atoms with Gasteiger partial charge in [0.2, 0.25) is 5.88 Å². The van der Waals surface area contributed by atoms with Crippen molar-refractivity contribution in [3.8, 4) is 22.8 Å². The number of phenols is 1. The standard InChI is InChI=1S/C11H10N2O2/c1-15-11-6-9(7-12-13-11)8-3-2-4-10(14)5-8/h2-7,14H,1H3. The predicted molar refractivity (Wildman–Crippen MR) is 55.7 cm³/mol. The van der Waals surface area contributed by atoms with Crippen molar-refractivity contribution in [2.45, 2.75) is 0 Å². The number of hydrogen-bond acceptors (Lipinski definition) is 4. The van der Waals surface area contributed by atoms with Gasteiger partial charge in [0.25, 0.3) is 0 Å². The Morgan fingerprint density at radius 2 is 2.07 bits per heavy atom. The Kier molecular flexibility index (Phi) is 2.49. The van der Waals surface area contributed by atoms with Crippen molar-refractivity contribution in [1.29, 1.82) is 0 Å². The second-order valence-corrected chi connectivity index (χ2v) is 3.04. The molecule has 1 heterocycles. The van der Waals surface area contributed by atoms with Gasteiger partial charge in [-0.3, -0.25) is 0 Å². The van der Waals surface area contributed by atoms with Gasteiger partial charge in [0.15, 0.2) is 0 Å². The number of methoxy groups -OCH3 is 1. The van der Waals surface area contributed by atoms with E-state index in [0.29, 0.717) is 5.88 Å². The fourth-order valence-corrected chi connectivity index (χ4v) is 1.29. The van der Waals surface area contributed by atoms with Crippen molar-refractivity contribution in [3.05, 3.63) is 36.5 Å². The summed E-state index contributed by atoms with van der Waals surface area (Å²) >= 11 is 0. The molecule has 0 unspecified atom stereocenters. The minimum absolute atomic E-state index is 0.225. The molecule has 15 heavy (non-hydrogen) atoms. The Hall–Kier alpha value is -2.10. The fraction of sp³-hybridized carbons (Fsp3) is 0.0909. The SMILES string of the molecule is COc1cc(-c2cccc(O)c2)cnn1. The lowest BCUT2D eigenvalue weighted by Crippen LogP contribution is -1.90. The van der Waals surface area contributed by atoms with Crippen LogP contribution in [0.2, 0.25) is 0 Å². The third kappa shape index (κ3) is 2.04.